The summed E-state index contributed by atoms with van der Waals surface area (Å²) in [6.07, 6.45) is 0.398. The second kappa shape index (κ2) is 7.73. The summed E-state index contributed by atoms with van der Waals surface area (Å²) < 4.78 is 0. The Bertz CT molecular complexity index is 604. The number of carbonyl (C=O) groups excluding carboxylic acids is 1. The van der Waals surface area contributed by atoms with Crippen molar-refractivity contribution in [3.05, 3.63) is 17.7 Å². The highest BCUT2D eigenvalue weighted by atomic mass is 16.4. The molecule has 1 aromatic carbocycles. The van der Waals surface area contributed by atoms with Gasteiger partial charge in [0.25, 0.3) is 5.91 Å². The van der Waals surface area contributed by atoms with Crippen molar-refractivity contribution in [3.8, 4) is 17.2 Å². The SMILES string of the molecule is NC(N)=NCCC[C@H](NC(=O)c1cc(O)c(O)c(O)c1)C(=O)O. The van der Waals surface area contributed by atoms with Crippen LogP contribution in [0.3, 0.4) is 0 Å². The number of carboxylic acid groups (broad SMARTS) is 1. The van der Waals surface area contributed by atoms with Crippen LogP contribution in [0.4, 0.5) is 0 Å². The zero-order valence-electron chi connectivity index (χ0n) is 12.1. The first-order valence-electron chi connectivity index (χ1n) is 6.56. The van der Waals surface area contributed by atoms with Crippen molar-refractivity contribution in [1.82, 2.24) is 5.32 Å². The zero-order chi connectivity index (χ0) is 17.6. The Balaban J connectivity index is 2.74. The molecule has 23 heavy (non-hydrogen) atoms. The third-order valence-corrected chi connectivity index (χ3v) is 2.88. The maximum atomic E-state index is 12.0. The molecular formula is C13H18N4O6. The smallest absolute Gasteiger partial charge is 0.326 e. The second-order valence-corrected chi connectivity index (χ2v) is 4.68. The molecule has 10 nitrogen and oxygen atoms in total. The molecule has 1 aromatic rings. The summed E-state index contributed by atoms with van der Waals surface area (Å²) in [4.78, 5) is 26.8. The summed E-state index contributed by atoms with van der Waals surface area (Å²) in [5.41, 5.74) is 10.1. The van der Waals surface area contributed by atoms with Crippen molar-refractivity contribution in [2.24, 2.45) is 16.5 Å². The topological polar surface area (TPSA) is 191 Å². The van der Waals surface area contributed by atoms with Gasteiger partial charge in [-0.1, -0.05) is 0 Å². The normalized spacial score (nSPS) is 11.5. The van der Waals surface area contributed by atoms with Gasteiger partial charge < -0.3 is 37.2 Å². The number of nitrogens with two attached hydrogens (primary N) is 2. The molecule has 9 N–H and O–H groups in total. The lowest BCUT2D eigenvalue weighted by Gasteiger charge is -2.14. The summed E-state index contributed by atoms with van der Waals surface area (Å²) in [6, 6.07) is 0.612. The summed E-state index contributed by atoms with van der Waals surface area (Å²) >= 11 is 0. The molecule has 0 fully saturated rings. The minimum absolute atomic E-state index is 0.0773. The molecule has 126 valence electrons. The number of rotatable bonds is 7. The number of nitrogens with zero attached hydrogens (tertiary/aromatic N) is 1. The molecule has 10 heteroatoms. The van der Waals surface area contributed by atoms with Gasteiger partial charge >= 0.3 is 5.97 Å². The predicted molar refractivity (Wildman–Crippen MR) is 80.2 cm³/mol. The maximum absolute atomic E-state index is 12.0. The van der Waals surface area contributed by atoms with Crippen LogP contribution in [-0.2, 0) is 4.79 Å². The Morgan fingerprint density at radius 3 is 2.22 bits per heavy atom. The number of guanidine groups is 1. The number of carboxylic acids is 1. The van der Waals surface area contributed by atoms with E-state index >= 15 is 0 Å². The lowest BCUT2D eigenvalue weighted by molar-refractivity contribution is -0.139. The Morgan fingerprint density at radius 2 is 1.74 bits per heavy atom. The fourth-order valence-corrected chi connectivity index (χ4v) is 1.74. The van der Waals surface area contributed by atoms with Crippen molar-refractivity contribution in [1.29, 1.82) is 0 Å². The minimum Gasteiger partial charge on any atom is -0.504 e. The van der Waals surface area contributed by atoms with E-state index in [4.69, 9.17) is 16.6 Å². The van der Waals surface area contributed by atoms with Crippen LogP contribution in [0.15, 0.2) is 17.1 Å². The number of phenolic OH excluding ortho intramolecular Hbond substituents is 3. The molecule has 0 saturated carbocycles. The van der Waals surface area contributed by atoms with E-state index in [2.05, 4.69) is 10.3 Å². The highest BCUT2D eigenvalue weighted by Gasteiger charge is 2.21. The summed E-state index contributed by atoms with van der Waals surface area (Å²) in [5, 5.41) is 39.3. The molecule has 1 amide bonds. The standard InChI is InChI=1S/C13H18N4O6/c14-13(15)16-3-1-2-7(12(22)23)17-11(21)6-4-8(18)10(20)9(19)5-6/h4-5,7,18-20H,1-3H2,(H,17,21)(H,22,23)(H4,14,15,16)/t7-/m0/s1. The van der Waals surface area contributed by atoms with Crippen molar-refractivity contribution in [2.75, 3.05) is 6.54 Å². The van der Waals surface area contributed by atoms with Crippen LogP contribution in [0.2, 0.25) is 0 Å². The third-order valence-electron chi connectivity index (χ3n) is 2.88. The molecule has 0 aliphatic heterocycles. The van der Waals surface area contributed by atoms with Crippen molar-refractivity contribution in [3.63, 3.8) is 0 Å². The first-order valence-corrected chi connectivity index (χ1v) is 6.56. The van der Waals surface area contributed by atoms with Crippen LogP contribution in [0.25, 0.3) is 0 Å². The quantitative estimate of drug-likeness (QED) is 0.144. The number of nitrogens with one attached hydrogen (secondary N) is 1. The maximum Gasteiger partial charge on any atom is 0.326 e. The predicted octanol–water partition coefficient (Wildman–Crippen LogP) is -0.960. The van der Waals surface area contributed by atoms with E-state index in [1.165, 1.54) is 0 Å². The monoisotopic (exact) mass is 326 g/mol. The highest BCUT2D eigenvalue weighted by Crippen LogP contribution is 2.35. The number of phenols is 3. The zero-order valence-corrected chi connectivity index (χ0v) is 12.1. The van der Waals surface area contributed by atoms with Crippen LogP contribution in [0, 0.1) is 0 Å². The van der Waals surface area contributed by atoms with Gasteiger partial charge in [0.2, 0.25) is 0 Å². The van der Waals surface area contributed by atoms with E-state index in [0.29, 0.717) is 6.42 Å². The van der Waals surface area contributed by atoms with Crippen LogP contribution in [0.1, 0.15) is 23.2 Å². The van der Waals surface area contributed by atoms with Crippen molar-refractivity contribution < 1.29 is 30.0 Å². The molecule has 0 aromatic heterocycles. The van der Waals surface area contributed by atoms with Gasteiger partial charge in [0.15, 0.2) is 23.2 Å². The lowest BCUT2D eigenvalue weighted by Crippen LogP contribution is -2.40. The van der Waals surface area contributed by atoms with Crippen LogP contribution in [0.5, 0.6) is 17.2 Å². The molecule has 1 rings (SSSR count). The summed E-state index contributed by atoms with van der Waals surface area (Å²) in [7, 11) is 0. The Kier molecular flexibility index (Phi) is 6.01. The molecule has 0 spiro atoms. The first-order chi connectivity index (χ1) is 10.7. The Labute approximate surface area is 131 Å². The van der Waals surface area contributed by atoms with E-state index < -0.39 is 35.2 Å². The first kappa shape index (κ1) is 17.9. The third kappa shape index (κ3) is 5.26. The van der Waals surface area contributed by atoms with E-state index in [0.717, 1.165) is 12.1 Å². The molecule has 0 radical (unpaired) electrons. The number of hydrogen-bond donors (Lipinski definition) is 7. The molecule has 0 aliphatic carbocycles. The van der Waals surface area contributed by atoms with E-state index in [1.54, 1.807) is 0 Å². The van der Waals surface area contributed by atoms with Crippen LogP contribution < -0.4 is 16.8 Å². The molecule has 0 heterocycles. The van der Waals surface area contributed by atoms with E-state index in [9.17, 15) is 24.9 Å². The number of benzene rings is 1. The number of aromatic hydroxyl groups is 3. The number of aliphatic carboxylic acids is 1. The fourth-order valence-electron chi connectivity index (χ4n) is 1.74. The van der Waals surface area contributed by atoms with Crippen LogP contribution in [-0.4, -0.2) is 50.8 Å². The number of carbonyl (C=O) groups is 2. The molecule has 0 saturated heterocycles. The molecular weight excluding hydrogens is 308 g/mol. The van der Waals surface area contributed by atoms with Crippen molar-refractivity contribution >= 4 is 17.8 Å². The Hall–Kier alpha value is -3.17. The van der Waals surface area contributed by atoms with Gasteiger partial charge in [0.1, 0.15) is 6.04 Å². The fraction of sp³-hybridized carbons (Fsp3) is 0.308. The lowest BCUT2D eigenvalue weighted by atomic mass is 10.1. The van der Waals surface area contributed by atoms with Gasteiger partial charge in [0, 0.05) is 12.1 Å². The highest BCUT2D eigenvalue weighted by molar-refractivity contribution is 5.97. The average molecular weight is 326 g/mol. The van der Waals surface area contributed by atoms with E-state index in [1.807, 2.05) is 0 Å². The van der Waals surface area contributed by atoms with Gasteiger partial charge in [-0.15, -0.1) is 0 Å². The van der Waals surface area contributed by atoms with Gasteiger partial charge in [-0.3, -0.25) is 9.79 Å². The largest absolute Gasteiger partial charge is 0.504 e. The number of aliphatic imine (C=N–C) groups is 1. The summed E-state index contributed by atoms with van der Waals surface area (Å²) in [5.74, 6) is -4.37. The van der Waals surface area contributed by atoms with Gasteiger partial charge in [-0.05, 0) is 25.0 Å². The molecule has 0 aliphatic rings. The molecule has 0 bridgehead atoms. The van der Waals surface area contributed by atoms with Crippen molar-refractivity contribution in [2.45, 2.75) is 18.9 Å². The van der Waals surface area contributed by atoms with Crippen LogP contribution >= 0.6 is 0 Å². The van der Waals surface area contributed by atoms with E-state index in [-0.39, 0.29) is 24.5 Å². The molecule has 1 atom stereocenters. The minimum atomic E-state index is -1.25. The number of hydrogen-bond acceptors (Lipinski definition) is 6. The van der Waals surface area contributed by atoms with Gasteiger partial charge in [-0.2, -0.15) is 0 Å². The van der Waals surface area contributed by atoms with Gasteiger partial charge in [0.05, 0.1) is 0 Å². The number of amides is 1. The van der Waals surface area contributed by atoms with Gasteiger partial charge in [-0.25, -0.2) is 4.79 Å². The average Bonchev–Trinajstić information content (AvgIpc) is 2.46. The summed E-state index contributed by atoms with van der Waals surface area (Å²) in [6.45, 7) is 0.211. The Morgan fingerprint density at radius 1 is 1.17 bits per heavy atom. The second-order valence-electron chi connectivity index (χ2n) is 4.68. The molecule has 0 unspecified atom stereocenters.